The predicted molar refractivity (Wildman–Crippen MR) is 73.1 cm³/mol. The van der Waals surface area contributed by atoms with Gasteiger partial charge < -0.3 is 11.1 Å². The number of hydrogen-bond acceptors (Lipinski definition) is 4. The van der Waals surface area contributed by atoms with Crippen LogP contribution in [0, 0.1) is 11.3 Å². The van der Waals surface area contributed by atoms with Gasteiger partial charge in [0.05, 0.1) is 17.4 Å². The first kappa shape index (κ1) is 12.5. The van der Waals surface area contributed by atoms with Crippen molar-refractivity contribution < 1.29 is 0 Å². The van der Waals surface area contributed by atoms with E-state index in [1.54, 1.807) is 24.3 Å². The molecule has 0 unspecified atom stereocenters. The lowest BCUT2D eigenvalue weighted by Crippen LogP contribution is -1.98. The predicted octanol–water partition coefficient (Wildman–Crippen LogP) is 3.59. The first-order chi connectivity index (χ1) is 8.58. The molecule has 0 aliphatic rings. The molecular weight excluding hydrogens is 271 g/mol. The van der Waals surface area contributed by atoms with Crippen molar-refractivity contribution in [3.8, 4) is 6.07 Å². The van der Waals surface area contributed by atoms with E-state index < -0.39 is 0 Å². The number of anilines is 3. The number of rotatable bonds is 2. The van der Waals surface area contributed by atoms with Gasteiger partial charge in [0.25, 0.3) is 0 Å². The summed E-state index contributed by atoms with van der Waals surface area (Å²) in [4.78, 5) is 4.06. The number of nitrogens with one attached hydrogen (secondary N) is 1. The lowest BCUT2D eigenvalue weighted by atomic mass is 10.2. The third-order valence-corrected chi connectivity index (χ3v) is 2.59. The molecule has 0 fully saturated rings. The second kappa shape index (κ2) is 5.13. The number of halogens is 2. The SMILES string of the molecule is N#Cc1cc(N)cnc1Nc1cc(Cl)cc(Cl)c1. The van der Waals surface area contributed by atoms with Gasteiger partial charge in [-0.05, 0) is 24.3 Å². The first-order valence-electron chi connectivity index (χ1n) is 4.97. The van der Waals surface area contributed by atoms with E-state index in [9.17, 15) is 0 Å². The molecule has 3 N–H and O–H groups in total. The summed E-state index contributed by atoms with van der Waals surface area (Å²) in [7, 11) is 0. The van der Waals surface area contributed by atoms with E-state index in [2.05, 4.69) is 10.3 Å². The van der Waals surface area contributed by atoms with E-state index in [1.807, 2.05) is 6.07 Å². The highest BCUT2D eigenvalue weighted by Gasteiger charge is 2.06. The van der Waals surface area contributed by atoms with Crippen LogP contribution in [0.3, 0.4) is 0 Å². The second-order valence-electron chi connectivity index (χ2n) is 3.56. The number of nitrogens with two attached hydrogens (primary N) is 1. The van der Waals surface area contributed by atoms with Gasteiger partial charge in [-0.25, -0.2) is 4.98 Å². The van der Waals surface area contributed by atoms with E-state index in [0.29, 0.717) is 32.8 Å². The van der Waals surface area contributed by atoms with Gasteiger partial charge in [0.2, 0.25) is 0 Å². The summed E-state index contributed by atoms with van der Waals surface area (Å²) in [6, 6.07) is 8.55. The van der Waals surface area contributed by atoms with Crippen molar-refractivity contribution in [1.29, 1.82) is 5.26 Å². The highest BCUT2D eigenvalue weighted by molar-refractivity contribution is 6.35. The third-order valence-electron chi connectivity index (χ3n) is 2.15. The van der Waals surface area contributed by atoms with Gasteiger partial charge in [-0.3, -0.25) is 0 Å². The van der Waals surface area contributed by atoms with Crippen LogP contribution >= 0.6 is 23.2 Å². The molecule has 0 atom stereocenters. The van der Waals surface area contributed by atoms with Crippen molar-refractivity contribution in [2.75, 3.05) is 11.1 Å². The van der Waals surface area contributed by atoms with Crippen molar-refractivity contribution in [2.24, 2.45) is 0 Å². The summed E-state index contributed by atoms with van der Waals surface area (Å²) in [5, 5.41) is 13.0. The van der Waals surface area contributed by atoms with Crippen LogP contribution in [-0.4, -0.2) is 4.98 Å². The Hall–Kier alpha value is -1.96. The summed E-state index contributed by atoms with van der Waals surface area (Å²) >= 11 is 11.8. The molecule has 4 nitrogen and oxygen atoms in total. The summed E-state index contributed by atoms with van der Waals surface area (Å²) in [6.45, 7) is 0. The van der Waals surface area contributed by atoms with Crippen molar-refractivity contribution in [3.63, 3.8) is 0 Å². The number of aromatic nitrogens is 1. The zero-order chi connectivity index (χ0) is 13.1. The molecule has 1 heterocycles. The molecular formula is C12H8Cl2N4. The summed E-state index contributed by atoms with van der Waals surface area (Å²) in [5.74, 6) is 0.407. The quantitative estimate of drug-likeness (QED) is 0.880. The van der Waals surface area contributed by atoms with Crippen LogP contribution in [0.1, 0.15) is 5.56 Å². The van der Waals surface area contributed by atoms with Crippen LogP contribution in [0.4, 0.5) is 17.2 Å². The van der Waals surface area contributed by atoms with Crippen LogP contribution in [0.25, 0.3) is 0 Å². The van der Waals surface area contributed by atoms with Crippen LogP contribution in [0.5, 0.6) is 0 Å². The fourth-order valence-electron chi connectivity index (χ4n) is 1.43. The Morgan fingerprint density at radius 3 is 2.44 bits per heavy atom. The van der Waals surface area contributed by atoms with E-state index in [-0.39, 0.29) is 0 Å². The van der Waals surface area contributed by atoms with Crippen molar-refractivity contribution in [1.82, 2.24) is 4.98 Å². The molecule has 0 saturated carbocycles. The van der Waals surface area contributed by atoms with Crippen LogP contribution in [0.2, 0.25) is 10.0 Å². The minimum Gasteiger partial charge on any atom is -0.397 e. The molecule has 6 heteroatoms. The Bertz CT molecular complexity index is 614. The van der Waals surface area contributed by atoms with E-state index in [1.165, 1.54) is 6.20 Å². The molecule has 0 radical (unpaired) electrons. The summed E-state index contributed by atoms with van der Waals surface area (Å²) in [5.41, 5.74) is 7.00. The first-order valence-corrected chi connectivity index (χ1v) is 5.73. The van der Waals surface area contributed by atoms with Gasteiger partial charge in [0, 0.05) is 15.7 Å². The maximum absolute atomic E-state index is 8.99. The van der Waals surface area contributed by atoms with E-state index in [4.69, 9.17) is 34.2 Å². The standard InChI is InChI=1S/C12H8Cl2N4/c13-8-2-9(14)4-11(3-8)18-12-7(5-15)1-10(16)6-17-12/h1-4,6H,16H2,(H,17,18). The lowest BCUT2D eigenvalue weighted by Gasteiger charge is -2.08. The number of pyridine rings is 1. The fraction of sp³-hybridized carbons (Fsp3) is 0. The van der Waals surface area contributed by atoms with Crippen LogP contribution < -0.4 is 11.1 Å². The second-order valence-corrected chi connectivity index (χ2v) is 4.43. The third kappa shape index (κ3) is 2.83. The van der Waals surface area contributed by atoms with E-state index >= 15 is 0 Å². The van der Waals surface area contributed by atoms with Gasteiger partial charge in [0.1, 0.15) is 11.9 Å². The van der Waals surface area contributed by atoms with Crippen molar-refractivity contribution in [3.05, 3.63) is 46.1 Å². The highest BCUT2D eigenvalue weighted by Crippen LogP contribution is 2.26. The molecule has 90 valence electrons. The largest absolute Gasteiger partial charge is 0.397 e. The Balaban J connectivity index is 2.37. The molecule has 0 amide bonds. The zero-order valence-electron chi connectivity index (χ0n) is 9.11. The number of nitriles is 1. The average Bonchev–Trinajstić information content (AvgIpc) is 2.30. The lowest BCUT2D eigenvalue weighted by molar-refractivity contribution is 1.29. The number of nitrogens with zero attached hydrogens (tertiary/aromatic N) is 2. The summed E-state index contributed by atoms with van der Waals surface area (Å²) < 4.78 is 0. The molecule has 0 bridgehead atoms. The normalized spacial score (nSPS) is 9.83. The number of hydrogen-bond donors (Lipinski definition) is 2. The molecule has 18 heavy (non-hydrogen) atoms. The van der Waals surface area contributed by atoms with Gasteiger partial charge >= 0.3 is 0 Å². The van der Waals surface area contributed by atoms with E-state index in [0.717, 1.165) is 0 Å². The average molecular weight is 279 g/mol. The Morgan fingerprint density at radius 1 is 1.17 bits per heavy atom. The van der Waals surface area contributed by atoms with Gasteiger partial charge in [-0.15, -0.1) is 0 Å². The maximum Gasteiger partial charge on any atom is 0.148 e. The number of benzene rings is 1. The van der Waals surface area contributed by atoms with Crippen molar-refractivity contribution >= 4 is 40.4 Å². The number of nitrogen functional groups attached to an aromatic ring is 1. The molecule has 0 saturated heterocycles. The van der Waals surface area contributed by atoms with Gasteiger partial charge in [-0.1, -0.05) is 23.2 Å². The van der Waals surface area contributed by atoms with Crippen LogP contribution in [-0.2, 0) is 0 Å². The smallest absolute Gasteiger partial charge is 0.148 e. The minimum absolute atomic E-state index is 0.353. The molecule has 0 aliphatic carbocycles. The molecule has 1 aromatic carbocycles. The highest BCUT2D eigenvalue weighted by atomic mass is 35.5. The van der Waals surface area contributed by atoms with Gasteiger partial charge in [-0.2, -0.15) is 5.26 Å². The Morgan fingerprint density at radius 2 is 1.83 bits per heavy atom. The molecule has 1 aromatic heterocycles. The van der Waals surface area contributed by atoms with Crippen LogP contribution in [0.15, 0.2) is 30.5 Å². The minimum atomic E-state index is 0.353. The van der Waals surface area contributed by atoms with Crippen molar-refractivity contribution in [2.45, 2.75) is 0 Å². The zero-order valence-corrected chi connectivity index (χ0v) is 10.6. The maximum atomic E-state index is 8.99. The fourth-order valence-corrected chi connectivity index (χ4v) is 1.95. The molecule has 0 spiro atoms. The molecule has 2 rings (SSSR count). The molecule has 0 aliphatic heterocycles. The Kier molecular flexibility index (Phi) is 3.56. The topological polar surface area (TPSA) is 74.7 Å². The Labute approximate surface area is 114 Å². The van der Waals surface area contributed by atoms with Gasteiger partial charge in [0.15, 0.2) is 0 Å². The monoisotopic (exact) mass is 278 g/mol. The molecule has 2 aromatic rings. The summed E-state index contributed by atoms with van der Waals surface area (Å²) in [6.07, 6.45) is 1.47.